The normalized spacial score (nSPS) is 14.9. The van der Waals surface area contributed by atoms with Crippen LogP contribution in [0.1, 0.15) is 24.6 Å². The minimum Gasteiger partial charge on any atom is -0.496 e. The van der Waals surface area contributed by atoms with Crippen molar-refractivity contribution in [2.45, 2.75) is 33.7 Å². The van der Waals surface area contributed by atoms with Crippen molar-refractivity contribution in [3.05, 3.63) is 41.6 Å². The Morgan fingerprint density at radius 3 is 2.58 bits per heavy atom. The third-order valence-electron chi connectivity index (χ3n) is 6.10. The number of methoxy groups -OCH3 is 1. The second-order valence-electron chi connectivity index (χ2n) is 8.12. The molecule has 31 heavy (non-hydrogen) atoms. The Balaban J connectivity index is 1.63. The van der Waals surface area contributed by atoms with Gasteiger partial charge in [0.25, 0.3) is 0 Å². The van der Waals surface area contributed by atoms with Gasteiger partial charge in [-0.15, -0.1) is 0 Å². The molecule has 0 radical (unpaired) electrons. The van der Waals surface area contributed by atoms with Crippen molar-refractivity contribution in [3.63, 3.8) is 0 Å². The maximum Gasteiger partial charge on any atom is 0.224 e. The number of amides is 1. The van der Waals surface area contributed by atoms with Gasteiger partial charge < -0.3 is 14.5 Å². The Morgan fingerprint density at radius 2 is 1.87 bits per heavy atom. The first kappa shape index (κ1) is 21.3. The molecule has 1 aromatic carbocycles. The molecule has 7 nitrogen and oxygen atoms in total. The van der Waals surface area contributed by atoms with E-state index in [2.05, 4.69) is 24.8 Å². The number of aromatic nitrogens is 3. The third-order valence-corrected chi connectivity index (χ3v) is 6.10. The molecule has 1 fully saturated rings. The number of carbonyl (C=O) groups is 1. The molecule has 0 unspecified atom stereocenters. The molecule has 1 amide bonds. The van der Waals surface area contributed by atoms with Gasteiger partial charge in [-0.3, -0.25) is 4.79 Å². The summed E-state index contributed by atoms with van der Waals surface area (Å²) >= 11 is 0. The van der Waals surface area contributed by atoms with E-state index in [0.29, 0.717) is 13.0 Å². The van der Waals surface area contributed by atoms with E-state index in [9.17, 15) is 4.79 Å². The number of pyridine rings is 1. The average molecular weight is 422 g/mol. The number of piperazine rings is 1. The Bertz CT molecular complexity index is 1080. The van der Waals surface area contributed by atoms with Crippen molar-refractivity contribution in [3.8, 4) is 17.0 Å². The van der Waals surface area contributed by atoms with Crippen molar-refractivity contribution < 1.29 is 9.53 Å². The lowest BCUT2D eigenvalue weighted by molar-refractivity contribution is -0.133. The molecule has 0 aliphatic carbocycles. The summed E-state index contributed by atoms with van der Waals surface area (Å²) in [5.41, 5.74) is 4.67. The number of likely N-dealkylation sites (N-methyl/N-ethyl adjacent to an activating group) is 1. The zero-order chi connectivity index (χ0) is 22.0. The van der Waals surface area contributed by atoms with Crippen LogP contribution in [0.25, 0.3) is 22.3 Å². The molecule has 1 aliphatic heterocycles. The highest BCUT2D eigenvalue weighted by molar-refractivity contribution is 5.95. The van der Waals surface area contributed by atoms with Crippen LogP contribution in [0, 0.1) is 13.8 Å². The van der Waals surface area contributed by atoms with Crippen LogP contribution in [-0.2, 0) is 11.3 Å². The number of nitrogens with zero attached hydrogens (tertiary/aromatic N) is 5. The number of aryl methyl sites for hydroxylation is 3. The molecule has 164 valence electrons. The molecule has 3 aromatic rings. The van der Waals surface area contributed by atoms with Crippen LogP contribution in [0.3, 0.4) is 0 Å². The fraction of sp³-hybridized carbons (Fsp3) is 0.458. The number of rotatable bonds is 6. The van der Waals surface area contributed by atoms with Gasteiger partial charge in [-0.05, 0) is 44.2 Å². The molecule has 2 aromatic heterocycles. The minimum absolute atomic E-state index is 0.183. The molecular weight excluding hydrogens is 390 g/mol. The number of hydrogen-bond acceptors (Lipinski definition) is 5. The average Bonchev–Trinajstić information content (AvgIpc) is 3.16. The summed E-state index contributed by atoms with van der Waals surface area (Å²) in [6.07, 6.45) is 0.420. The Morgan fingerprint density at radius 1 is 1.13 bits per heavy atom. The Hall–Kier alpha value is -2.93. The van der Waals surface area contributed by atoms with E-state index in [0.717, 1.165) is 72.0 Å². The Labute approximate surface area is 183 Å². The predicted molar refractivity (Wildman–Crippen MR) is 122 cm³/mol. The van der Waals surface area contributed by atoms with E-state index in [4.69, 9.17) is 14.8 Å². The van der Waals surface area contributed by atoms with Crippen LogP contribution in [0.5, 0.6) is 5.75 Å². The van der Waals surface area contributed by atoms with Crippen molar-refractivity contribution in [1.29, 1.82) is 0 Å². The number of benzene rings is 1. The van der Waals surface area contributed by atoms with E-state index >= 15 is 0 Å². The molecular formula is C24H31N5O2. The molecule has 4 rings (SSSR count). The molecule has 1 aliphatic rings. The SMILES string of the molecule is CCN1CCN(C(=O)CCn2nc(-c3ccccc3OC)c3c(C)cc(C)nc32)CC1. The first-order chi connectivity index (χ1) is 15.0. The lowest BCUT2D eigenvalue weighted by atomic mass is 10.0. The summed E-state index contributed by atoms with van der Waals surface area (Å²) in [4.78, 5) is 22.0. The predicted octanol–water partition coefficient (Wildman–Crippen LogP) is 3.28. The molecule has 0 atom stereocenters. The molecule has 0 saturated carbocycles. The standard InChI is InChI=1S/C24H31N5O2/c1-5-27-12-14-28(15-13-27)21(30)10-11-29-24-22(17(2)16-18(3)25-24)23(26-29)19-8-6-7-9-20(19)31-4/h6-9,16H,5,10-15H2,1-4H3. The van der Waals surface area contributed by atoms with E-state index in [-0.39, 0.29) is 5.91 Å². The molecule has 0 N–H and O–H groups in total. The highest BCUT2D eigenvalue weighted by atomic mass is 16.5. The first-order valence-corrected chi connectivity index (χ1v) is 11.0. The molecule has 7 heteroatoms. The van der Waals surface area contributed by atoms with E-state index < -0.39 is 0 Å². The zero-order valence-electron chi connectivity index (χ0n) is 18.9. The number of fused-ring (bicyclic) bond motifs is 1. The highest BCUT2D eigenvalue weighted by Gasteiger charge is 2.22. The largest absolute Gasteiger partial charge is 0.496 e. The second-order valence-corrected chi connectivity index (χ2v) is 8.12. The summed E-state index contributed by atoms with van der Waals surface area (Å²) < 4.78 is 7.47. The van der Waals surface area contributed by atoms with Crippen LogP contribution >= 0.6 is 0 Å². The van der Waals surface area contributed by atoms with Crippen molar-refractivity contribution >= 4 is 16.9 Å². The van der Waals surface area contributed by atoms with Gasteiger partial charge in [0.15, 0.2) is 5.65 Å². The topological polar surface area (TPSA) is 63.5 Å². The maximum atomic E-state index is 12.8. The lowest BCUT2D eigenvalue weighted by Gasteiger charge is -2.34. The van der Waals surface area contributed by atoms with Gasteiger partial charge in [0.1, 0.15) is 11.4 Å². The van der Waals surface area contributed by atoms with Gasteiger partial charge in [-0.1, -0.05) is 19.1 Å². The molecule has 1 saturated heterocycles. The maximum absolute atomic E-state index is 12.8. The van der Waals surface area contributed by atoms with Crippen LogP contribution < -0.4 is 4.74 Å². The number of para-hydroxylation sites is 1. The molecule has 3 heterocycles. The van der Waals surface area contributed by atoms with Gasteiger partial charge in [0, 0.05) is 43.9 Å². The van der Waals surface area contributed by atoms with Crippen LogP contribution in [0.4, 0.5) is 0 Å². The summed E-state index contributed by atoms with van der Waals surface area (Å²) in [6.45, 7) is 11.3. The first-order valence-electron chi connectivity index (χ1n) is 11.0. The van der Waals surface area contributed by atoms with Crippen LogP contribution in [-0.4, -0.2) is 70.3 Å². The van der Waals surface area contributed by atoms with E-state index in [1.54, 1.807) is 7.11 Å². The van der Waals surface area contributed by atoms with Gasteiger partial charge >= 0.3 is 0 Å². The number of hydrogen-bond donors (Lipinski definition) is 0. The molecule has 0 bridgehead atoms. The van der Waals surface area contributed by atoms with Gasteiger partial charge in [-0.25, -0.2) is 9.67 Å². The quantitative estimate of drug-likeness (QED) is 0.611. The summed E-state index contributed by atoms with van der Waals surface area (Å²) in [5, 5.41) is 5.92. The van der Waals surface area contributed by atoms with Crippen LogP contribution in [0.15, 0.2) is 30.3 Å². The fourth-order valence-electron chi connectivity index (χ4n) is 4.37. The van der Waals surface area contributed by atoms with Crippen molar-refractivity contribution in [2.75, 3.05) is 39.8 Å². The lowest BCUT2D eigenvalue weighted by Crippen LogP contribution is -2.48. The summed E-state index contributed by atoms with van der Waals surface area (Å²) in [6, 6.07) is 9.97. The minimum atomic E-state index is 0.183. The second kappa shape index (κ2) is 9.06. The third kappa shape index (κ3) is 4.28. The van der Waals surface area contributed by atoms with E-state index in [1.807, 2.05) is 40.8 Å². The monoisotopic (exact) mass is 421 g/mol. The number of ether oxygens (including phenoxy) is 1. The summed E-state index contributed by atoms with van der Waals surface area (Å²) in [5.74, 6) is 0.960. The smallest absolute Gasteiger partial charge is 0.224 e. The highest BCUT2D eigenvalue weighted by Crippen LogP contribution is 2.35. The Kier molecular flexibility index (Phi) is 6.23. The molecule has 0 spiro atoms. The zero-order valence-corrected chi connectivity index (χ0v) is 18.9. The van der Waals surface area contributed by atoms with Crippen molar-refractivity contribution in [1.82, 2.24) is 24.6 Å². The van der Waals surface area contributed by atoms with Gasteiger partial charge in [0.2, 0.25) is 5.91 Å². The van der Waals surface area contributed by atoms with Crippen molar-refractivity contribution in [2.24, 2.45) is 0 Å². The van der Waals surface area contributed by atoms with E-state index in [1.165, 1.54) is 0 Å². The van der Waals surface area contributed by atoms with Gasteiger partial charge in [0.05, 0.1) is 19.0 Å². The van der Waals surface area contributed by atoms with Gasteiger partial charge in [-0.2, -0.15) is 5.10 Å². The fourth-order valence-corrected chi connectivity index (χ4v) is 4.37. The number of carbonyl (C=O) groups excluding carboxylic acids is 1. The summed E-state index contributed by atoms with van der Waals surface area (Å²) in [7, 11) is 1.67. The van der Waals surface area contributed by atoms with Crippen LogP contribution in [0.2, 0.25) is 0 Å².